The van der Waals surface area contributed by atoms with Crippen LogP contribution in [0, 0.1) is 0 Å². The minimum Gasteiger partial charge on any atom is -0.456 e. The van der Waals surface area contributed by atoms with Crippen LogP contribution in [0.5, 0.6) is 0 Å². The Morgan fingerprint density at radius 3 is 1.88 bits per heavy atom. The van der Waals surface area contributed by atoms with Crippen molar-refractivity contribution in [3.05, 3.63) is 0 Å². The van der Waals surface area contributed by atoms with E-state index in [1.54, 1.807) is 0 Å². The van der Waals surface area contributed by atoms with E-state index < -0.39 is 69.8 Å². The molecule has 0 aliphatic carbocycles. The number of hydrogen-bond donors (Lipinski definition) is 1. The van der Waals surface area contributed by atoms with Crippen molar-refractivity contribution in [2.45, 2.75) is 44.5 Å². The number of sulfone groups is 1. The highest BCUT2D eigenvalue weighted by Gasteiger charge is 2.52. The van der Waals surface area contributed by atoms with Crippen LogP contribution in [0.4, 0.5) is 0 Å². The summed E-state index contributed by atoms with van der Waals surface area (Å²) in [6, 6.07) is 0. The molecule has 1 aliphatic rings. The van der Waals surface area contributed by atoms with Gasteiger partial charge in [-0.1, -0.05) is 0 Å². The minimum absolute atomic E-state index is 0.460. The van der Waals surface area contributed by atoms with Crippen molar-refractivity contribution in [3.63, 3.8) is 0 Å². The highest BCUT2D eigenvalue weighted by molar-refractivity contribution is 7.92. The molecule has 0 aromatic rings. The predicted molar refractivity (Wildman–Crippen MR) is 79.4 cm³/mol. The molecule has 0 aromatic carbocycles. The van der Waals surface area contributed by atoms with Gasteiger partial charge in [-0.2, -0.15) is 0 Å². The zero-order valence-electron chi connectivity index (χ0n) is 13.8. The third kappa shape index (κ3) is 5.98. The highest BCUT2D eigenvalue weighted by atomic mass is 32.2. The monoisotopic (exact) mass is 381 g/mol. The van der Waals surface area contributed by atoms with Gasteiger partial charge in [-0.15, -0.1) is 0 Å². The lowest BCUT2D eigenvalue weighted by molar-refractivity contribution is -0.214. The fraction of sp³-hybridized carbons (Fsp3) is 0.692. The highest BCUT2D eigenvalue weighted by Crippen LogP contribution is 2.27. The van der Waals surface area contributed by atoms with E-state index in [1.165, 1.54) is 0 Å². The Morgan fingerprint density at radius 1 is 0.960 bits per heavy atom. The Balaban J connectivity index is 3.26. The van der Waals surface area contributed by atoms with Crippen LogP contribution in [0.2, 0.25) is 0 Å². The lowest BCUT2D eigenvalue weighted by Crippen LogP contribution is -2.60. The van der Waals surface area contributed by atoms with Crippen LogP contribution in [-0.4, -0.2) is 68.3 Å². The van der Waals surface area contributed by atoms with Crippen LogP contribution < -0.4 is 5.73 Å². The number of nitrogens with two attached hydrogens (primary N) is 1. The molecule has 1 rings (SSSR count). The average molecular weight is 381 g/mol. The molecule has 1 saturated heterocycles. The lowest BCUT2D eigenvalue weighted by Gasteiger charge is -2.39. The van der Waals surface area contributed by atoms with Crippen LogP contribution in [0.1, 0.15) is 20.8 Å². The summed E-state index contributed by atoms with van der Waals surface area (Å²) in [4.78, 5) is 44.9. The quantitative estimate of drug-likeness (QED) is 0.403. The maximum Gasteiger partial charge on any atom is 0.303 e. The average Bonchev–Trinajstić information content (AvgIpc) is 2.38. The number of rotatable bonds is 6. The molecule has 25 heavy (non-hydrogen) atoms. The van der Waals surface area contributed by atoms with E-state index in [1.807, 2.05) is 0 Å². The minimum atomic E-state index is -4.30. The first-order valence-electron chi connectivity index (χ1n) is 7.07. The van der Waals surface area contributed by atoms with Crippen molar-refractivity contribution in [1.82, 2.24) is 0 Å². The summed E-state index contributed by atoms with van der Waals surface area (Å²) < 4.78 is 44.6. The number of esters is 3. The summed E-state index contributed by atoms with van der Waals surface area (Å²) in [6.07, 6.45) is -4.29. The maximum absolute atomic E-state index is 12.3. The third-order valence-electron chi connectivity index (χ3n) is 3.00. The Labute approximate surface area is 143 Å². The Morgan fingerprint density at radius 2 is 1.44 bits per heavy atom. The zero-order valence-corrected chi connectivity index (χ0v) is 14.6. The molecular formula is C13H19NO10S. The third-order valence-corrected chi connectivity index (χ3v) is 4.80. The van der Waals surface area contributed by atoms with Crippen LogP contribution in [-0.2, 0) is 48.0 Å². The number of primary amides is 1. The smallest absolute Gasteiger partial charge is 0.303 e. The van der Waals surface area contributed by atoms with Crippen LogP contribution in [0.25, 0.3) is 0 Å². The molecule has 0 saturated carbocycles. The second-order valence-corrected chi connectivity index (χ2v) is 7.35. The van der Waals surface area contributed by atoms with Crippen molar-refractivity contribution in [1.29, 1.82) is 0 Å². The Bertz CT molecular complexity index is 658. The van der Waals surface area contributed by atoms with Crippen molar-refractivity contribution in [2.24, 2.45) is 5.73 Å². The van der Waals surface area contributed by atoms with Crippen LogP contribution >= 0.6 is 0 Å². The Hall–Kier alpha value is -2.21. The molecule has 1 aliphatic heterocycles. The fourth-order valence-electron chi connectivity index (χ4n) is 2.30. The summed E-state index contributed by atoms with van der Waals surface area (Å²) >= 11 is 0. The van der Waals surface area contributed by atoms with Gasteiger partial charge in [0.15, 0.2) is 33.6 Å². The van der Waals surface area contributed by atoms with E-state index in [4.69, 9.17) is 24.7 Å². The molecule has 2 N–H and O–H groups in total. The molecule has 11 nitrogen and oxygen atoms in total. The van der Waals surface area contributed by atoms with Gasteiger partial charge in [0.25, 0.3) is 0 Å². The van der Waals surface area contributed by atoms with Crippen LogP contribution in [0.3, 0.4) is 0 Å². The molecule has 0 unspecified atom stereocenters. The molecule has 142 valence electrons. The van der Waals surface area contributed by atoms with E-state index in [0.29, 0.717) is 0 Å². The number of carbonyl (C=O) groups excluding carboxylic acids is 4. The van der Waals surface area contributed by atoms with E-state index in [9.17, 15) is 27.6 Å². The van der Waals surface area contributed by atoms with E-state index in [0.717, 1.165) is 20.8 Å². The summed E-state index contributed by atoms with van der Waals surface area (Å²) in [5.41, 5.74) is 3.09. The van der Waals surface area contributed by atoms with Gasteiger partial charge < -0.3 is 24.7 Å². The molecule has 1 amide bonds. The number of hydrogen-bond acceptors (Lipinski definition) is 10. The summed E-state index contributed by atoms with van der Waals surface area (Å²) in [6.45, 7) is 2.66. The van der Waals surface area contributed by atoms with Gasteiger partial charge in [0.2, 0.25) is 5.91 Å². The van der Waals surface area contributed by atoms with Gasteiger partial charge in [-0.3, -0.25) is 19.2 Å². The Kier molecular flexibility index (Phi) is 6.87. The predicted octanol–water partition coefficient (Wildman–Crippen LogP) is -1.96. The van der Waals surface area contributed by atoms with Gasteiger partial charge in [0.1, 0.15) is 5.75 Å². The molecular weight excluding hydrogens is 362 g/mol. The first kappa shape index (κ1) is 20.8. The lowest BCUT2D eigenvalue weighted by atomic mass is 10.1. The van der Waals surface area contributed by atoms with Crippen molar-refractivity contribution in [3.8, 4) is 0 Å². The second kappa shape index (κ2) is 8.25. The molecule has 0 aromatic heterocycles. The number of ether oxygens (including phenoxy) is 4. The molecule has 1 fully saturated rings. The van der Waals surface area contributed by atoms with Crippen molar-refractivity contribution < 1.29 is 46.5 Å². The second-order valence-electron chi connectivity index (χ2n) is 5.27. The molecule has 12 heteroatoms. The van der Waals surface area contributed by atoms with Gasteiger partial charge in [0, 0.05) is 20.8 Å². The standard InChI is InChI=1S/C13H19NO10S/c1-6(15)22-9-4-21-13(25(19,20)5-10(14)18)12(24-8(3)17)11(9)23-7(2)16/h9,11-13H,4-5H2,1-3H3,(H2,14,18)/t9-,11+,12-,13+/m1/s1. The van der Waals surface area contributed by atoms with E-state index >= 15 is 0 Å². The first-order valence-corrected chi connectivity index (χ1v) is 8.78. The number of carbonyl (C=O) groups is 4. The van der Waals surface area contributed by atoms with E-state index in [-0.39, 0.29) is 0 Å². The van der Waals surface area contributed by atoms with Gasteiger partial charge in [-0.05, 0) is 0 Å². The summed E-state index contributed by atoms with van der Waals surface area (Å²) in [7, 11) is -4.30. The largest absolute Gasteiger partial charge is 0.456 e. The van der Waals surface area contributed by atoms with Gasteiger partial charge in [-0.25, -0.2) is 8.42 Å². The van der Waals surface area contributed by atoms with Crippen molar-refractivity contribution >= 4 is 33.7 Å². The topological polar surface area (TPSA) is 165 Å². The first-order chi connectivity index (χ1) is 11.4. The molecule has 0 spiro atoms. The molecule has 0 radical (unpaired) electrons. The summed E-state index contributed by atoms with van der Waals surface area (Å²) in [5.74, 6) is -4.68. The van der Waals surface area contributed by atoms with E-state index in [2.05, 4.69) is 0 Å². The molecule has 1 heterocycles. The van der Waals surface area contributed by atoms with Gasteiger partial charge in [0.05, 0.1) is 6.61 Å². The fourth-order valence-corrected chi connectivity index (χ4v) is 3.76. The van der Waals surface area contributed by atoms with Crippen LogP contribution in [0.15, 0.2) is 0 Å². The zero-order chi connectivity index (χ0) is 19.4. The SMILES string of the molecule is CC(=O)O[C@@H]1[C@@H](OC(C)=O)[C@H](OC(C)=O)CO[C@H]1S(=O)(=O)CC(N)=O. The maximum atomic E-state index is 12.3. The van der Waals surface area contributed by atoms with Gasteiger partial charge >= 0.3 is 17.9 Å². The normalized spacial score (nSPS) is 26.4. The number of amides is 1. The summed E-state index contributed by atoms with van der Waals surface area (Å²) in [5, 5.41) is 0. The molecule has 4 atom stereocenters. The van der Waals surface area contributed by atoms with Crippen molar-refractivity contribution in [2.75, 3.05) is 12.4 Å². The molecule has 0 bridgehead atoms.